The molecule has 0 unspecified atom stereocenters. The first kappa shape index (κ1) is 19.5. The highest BCUT2D eigenvalue weighted by atomic mass is 16.2. The molecule has 26 heavy (non-hydrogen) atoms. The first-order valence-electron chi connectivity index (χ1n) is 8.92. The maximum Gasteiger partial charge on any atom is 0.309 e. The summed E-state index contributed by atoms with van der Waals surface area (Å²) in [6.07, 6.45) is 2.37. The fraction of sp³-hybridized carbons (Fsp3) is 0.333. The van der Waals surface area contributed by atoms with E-state index in [1.165, 1.54) is 5.56 Å². The Morgan fingerprint density at radius 3 is 1.96 bits per heavy atom. The molecule has 2 N–H and O–H groups in total. The molecule has 0 aliphatic rings. The van der Waals surface area contributed by atoms with Gasteiger partial charge in [-0.2, -0.15) is 0 Å². The van der Waals surface area contributed by atoms with Crippen molar-refractivity contribution in [1.29, 1.82) is 0 Å². The molecule has 0 radical (unpaired) electrons. The number of carbonyl (C=O) groups is 2. The fourth-order valence-corrected chi connectivity index (χ4v) is 2.58. The van der Waals surface area contributed by atoms with Gasteiger partial charge in [-0.05, 0) is 42.5 Å². The Hall–Kier alpha value is -2.82. The van der Waals surface area contributed by atoms with Crippen LogP contribution in [-0.2, 0) is 22.4 Å². The number of anilines is 1. The number of amides is 2. The molecular weight excluding hydrogens is 326 g/mol. The lowest BCUT2D eigenvalue weighted by molar-refractivity contribution is -0.139. The van der Waals surface area contributed by atoms with Crippen molar-refractivity contribution in [2.45, 2.75) is 19.3 Å². The fourth-order valence-electron chi connectivity index (χ4n) is 2.58. The standard InChI is InChI=1S/C21H27N3O2/c1-24(2)19-12-10-18(11-13-19)9-6-15-22-20(25)21(26)23-16-14-17-7-4-3-5-8-17/h3-5,7-8,10-13H,6,9,14-16H2,1-2H3,(H,22,25)(H,23,26). The largest absolute Gasteiger partial charge is 0.378 e. The molecule has 0 aliphatic carbocycles. The second kappa shape index (κ2) is 10.2. The van der Waals surface area contributed by atoms with E-state index in [2.05, 4.69) is 39.8 Å². The van der Waals surface area contributed by atoms with Crippen LogP contribution in [0.1, 0.15) is 17.5 Å². The highest BCUT2D eigenvalue weighted by Gasteiger charge is 2.11. The minimum Gasteiger partial charge on any atom is -0.378 e. The second-order valence-corrected chi connectivity index (χ2v) is 6.41. The summed E-state index contributed by atoms with van der Waals surface area (Å²) < 4.78 is 0. The number of benzene rings is 2. The van der Waals surface area contributed by atoms with Crippen LogP contribution in [0.2, 0.25) is 0 Å². The molecule has 0 spiro atoms. The van der Waals surface area contributed by atoms with Gasteiger partial charge >= 0.3 is 11.8 Å². The molecule has 0 aromatic heterocycles. The van der Waals surface area contributed by atoms with E-state index in [4.69, 9.17) is 0 Å². The van der Waals surface area contributed by atoms with E-state index in [1.54, 1.807) is 0 Å². The molecule has 0 heterocycles. The maximum atomic E-state index is 11.8. The summed E-state index contributed by atoms with van der Waals surface area (Å²) in [5, 5.41) is 5.32. The van der Waals surface area contributed by atoms with Crippen LogP contribution in [0, 0.1) is 0 Å². The molecule has 2 aromatic rings. The Kier molecular flexibility index (Phi) is 7.68. The van der Waals surface area contributed by atoms with Crippen molar-refractivity contribution in [3.63, 3.8) is 0 Å². The zero-order valence-corrected chi connectivity index (χ0v) is 15.5. The monoisotopic (exact) mass is 353 g/mol. The zero-order valence-electron chi connectivity index (χ0n) is 15.5. The summed E-state index contributed by atoms with van der Waals surface area (Å²) in [6, 6.07) is 18.2. The molecule has 0 atom stereocenters. The third-order valence-corrected chi connectivity index (χ3v) is 4.13. The molecule has 2 rings (SSSR count). The molecule has 138 valence electrons. The minimum atomic E-state index is -0.573. The Morgan fingerprint density at radius 2 is 1.35 bits per heavy atom. The van der Waals surface area contributed by atoms with E-state index in [9.17, 15) is 9.59 Å². The molecule has 2 aromatic carbocycles. The molecule has 0 fully saturated rings. The van der Waals surface area contributed by atoms with E-state index in [-0.39, 0.29) is 0 Å². The lowest BCUT2D eigenvalue weighted by Gasteiger charge is -2.12. The van der Waals surface area contributed by atoms with Gasteiger partial charge in [-0.3, -0.25) is 9.59 Å². The summed E-state index contributed by atoms with van der Waals surface area (Å²) >= 11 is 0. The number of aryl methyl sites for hydroxylation is 1. The number of hydrogen-bond acceptors (Lipinski definition) is 3. The SMILES string of the molecule is CN(C)c1ccc(CCCNC(=O)C(=O)NCCc2ccccc2)cc1. The van der Waals surface area contributed by atoms with Gasteiger partial charge < -0.3 is 15.5 Å². The van der Waals surface area contributed by atoms with Gasteiger partial charge in [0.05, 0.1) is 0 Å². The predicted molar refractivity (Wildman–Crippen MR) is 105 cm³/mol. The van der Waals surface area contributed by atoms with Crippen LogP contribution in [0.15, 0.2) is 54.6 Å². The van der Waals surface area contributed by atoms with Gasteiger partial charge in [-0.25, -0.2) is 0 Å². The van der Waals surface area contributed by atoms with Gasteiger partial charge in [0.2, 0.25) is 0 Å². The van der Waals surface area contributed by atoms with E-state index in [0.717, 1.165) is 24.1 Å². The van der Waals surface area contributed by atoms with Gasteiger partial charge in [0, 0.05) is 32.9 Å². The highest BCUT2D eigenvalue weighted by Crippen LogP contribution is 2.13. The van der Waals surface area contributed by atoms with Crippen molar-refractivity contribution >= 4 is 17.5 Å². The van der Waals surface area contributed by atoms with Crippen LogP contribution in [-0.4, -0.2) is 39.0 Å². The van der Waals surface area contributed by atoms with E-state index in [1.807, 2.05) is 44.4 Å². The second-order valence-electron chi connectivity index (χ2n) is 6.41. The van der Waals surface area contributed by atoms with Gasteiger partial charge in [0.15, 0.2) is 0 Å². The smallest absolute Gasteiger partial charge is 0.309 e. The molecular formula is C21H27N3O2. The van der Waals surface area contributed by atoms with Crippen molar-refractivity contribution in [3.8, 4) is 0 Å². The molecule has 0 saturated carbocycles. The van der Waals surface area contributed by atoms with Crippen molar-refractivity contribution < 1.29 is 9.59 Å². The lowest BCUT2D eigenvalue weighted by atomic mass is 10.1. The number of rotatable bonds is 8. The van der Waals surface area contributed by atoms with Crippen LogP contribution >= 0.6 is 0 Å². The Bertz CT molecular complexity index is 697. The van der Waals surface area contributed by atoms with Gasteiger partial charge in [0.25, 0.3) is 0 Å². The molecule has 0 bridgehead atoms. The van der Waals surface area contributed by atoms with E-state index < -0.39 is 11.8 Å². The molecule has 0 saturated heterocycles. The van der Waals surface area contributed by atoms with Crippen LogP contribution in [0.3, 0.4) is 0 Å². The average molecular weight is 353 g/mol. The highest BCUT2D eigenvalue weighted by molar-refractivity contribution is 6.35. The van der Waals surface area contributed by atoms with Crippen LogP contribution < -0.4 is 15.5 Å². The first-order valence-corrected chi connectivity index (χ1v) is 8.92. The maximum absolute atomic E-state index is 11.8. The Morgan fingerprint density at radius 1 is 0.769 bits per heavy atom. The lowest BCUT2D eigenvalue weighted by Crippen LogP contribution is -2.41. The summed E-state index contributed by atoms with van der Waals surface area (Å²) in [5.41, 5.74) is 3.51. The van der Waals surface area contributed by atoms with Gasteiger partial charge in [-0.1, -0.05) is 42.5 Å². The molecule has 5 heteroatoms. The number of hydrogen-bond donors (Lipinski definition) is 2. The third-order valence-electron chi connectivity index (χ3n) is 4.13. The van der Waals surface area contributed by atoms with Crippen LogP contribution in [0.25, 0.3) is 0 Å². The van der Waals surface area contributed by atoms with Gasteiger partial charge in [0.1, 0.15) is 0 Å². The van der Waals surface area contributed by atoms with Gasteiger partial charge in [-0.15, -0.1) is 0 Å². The molecule has 0 aliphatic heterocycles. The normalized spacial score (nSPS) is 10.2. The predicted octanol–water partition coefficient (Wildman–Crippen LogP) is 2.16. The summed E-state index contributed by atoms with van der Waals surface area (Å²) in [4.78, 5) is 25.6. The van der Waals surface area contributed by atoms with Crippen molar-refractivity contribution in [2.24, 2.45) is 0 Å². The number of nitrogens with one attached hydrogen (secondary N) is 2. The van der Waals surface area contributed by atoms with E-state index in [0.29, 0.717) is 19.5 Å². The minimum absolute atomic E-state index is 0.453. The molecule has 2 amide bonds. The zero-order chi connectivity index (χ0) is 18.8. The van der Waals surface area contributed by atoms with Crippen molar-refractivity contribution in [1.82, 2.24) is 10.6 Å². The first-order chi connectivity index (χ1) is 12.6. The van der Waals surface area contributed by atoms with Crippen molar-refractivity contribution in [2.75, 3.05) is 32.1 Å². The van der Waals surface area contributed by atoms with E-state index >= 15 is 0 Å². The van der Waals surface area contributed by atoms with Crippen LogP contribution in [0.5, 0.6) is 0 Å². The summed E-state index contributed by atoms with van der Waals surface area (Å²) in [5.74, 6) is -1.14. The summed E-state index contributed by atoms with van der Waals surface area (Å²) in [7, 11) is 4.02. The quantitative estimate of drug-likeness (QED) is 0.565. The number of nitrogens with zero attached hydrogens (tertiary/aromatic N) is 1. The van der Waals surface area contributed by atoms with Crippen LogP contribution in [0.4, 0.5) is 5.69 Å². The van der Waals surface area contributed by atoms with Crippen molar-refractivity contribution in [3.05, 3.63) is 65.7 Å². The summed E-state index contributed by atoms with van der Waals surface area (Å²) in [6.45, 7) is 0.939. The topological polar surface area (TPSA) is 61.4 Å². The average Bonchev–Trinajstić information content (AvgIpc) is 2.66. The Labute approximate surface area is 155 Å². The Balaban J connectivity index is 1.61. The molecule has 5 nitrogen and oxygen atoms in total. The number of carbonyl (C=O) groups excluding carboxylic acids is 2. The third kappa shape index (κ3) is 6.59.